The second-order valence-electron chi connectivity index (χ2n) is 6.64. The zero-order valence-electron chi connectivity index (χ0n) is 16.1. The van der Waals surface area contributed by atoms with E-state index in [-0.39, 0.29) is 5.11 Å². The number of nitrogens with one attached hydrogen (secondary N) is 2. The molecule has 0 radical (unpaired) electrons. The van der Waals surface area contributed by atoms with E-state index in [1.165, 1.54) is 37.9 Å². The minimum atomic E-state index is 0.203. The summed E-state index contributed by atoms with van der Waals surface area (Å²) in [5, 5.41) is 5.67. The van der Waals surface area contributed by atoms with Crippen molar-refractivity contribution in [3.05, 3.63) is 29.8 Å². The highest BCUT2D eigenvalue weighted by Gasteiger charge is 2.11. The Hall–Kier alpha value is -1.64. The summed E-state index contributed by atoms with van der Waals surface area (Å²) in [6.07, 6.45) is 4.84. The first kappa shape index (κ1) is 21.7. The van der Waals surface area contributed by atoms with E-state index in [0.29, 0.717) is 18.3 Å². The molecule has 0 amide bonds. The standard InChI is InChI=1S/C19H31N5OS2/c1-2-24(22-18(20)26)19(27)21-10-7-13-25-17-9-6-8-16(14-17)15-23-11-4-3-5-12-23/h6,8-9,14H,2-5,7,10-13,15H2,1H3,(H,21,27)(H3,20,22,26). The van der Waals surface area contributed by atoms with Gasteiger partial charge in [0.2, 0.25) is 0 Å². The Bertz CT molecular complexity index is 608. The molecule has 1 saturated heterocycles. The molecule has 1 fully saturated rings. The molecular weight excluding hydrogens is 378 g/mol. The van der Waals surface area contributed by atoms with Crippen LogP contribution in [0.2, 0.25) is 0 Å². The maximum absolute atomic E-state index is 5.90. The summed E-state index contributed by atoms with van der Waals surface area (Å²) in [6.45, 7) is 7.42. The lowest BCUT2D eigenvalue weighted by atomic mass is 10.1. The van der Waals surface area contributed by atoms with Crippen molar-refractivity contribution in [1.29, 1.82) is 0 Å². The molecule has 1 aliphatic heterocycles. The van der Waals surface area contributed by atoms with Crippen LogP contribution in [-0.2, 0) is 6.54 Å². The molecule has 6 nitrogen and oxygen atoms in total. The largest absolute Gasteiger partial charge is 0.494 e. The van der Waals surface area contributed by atoms with Gasteiger partial charge in [0.05, 0.1) is 6.61 Å². The number of benzene rings is 1. The molecule has 27 heavy (non-hydrogen) atoms. The third-order valence-electron chi connectivity index (χ3n) is 4.43. The monoisotopic (exact) mass is 409 g/mol. The van der Waals surface area contributed by atoms with Gasteiger partial charge in [0.15, 0.2) is 10.2 Å². The minimum absolute atomic E-state index is 0.203. The number of ether oxygens (including phenoxy) is 1. The summed E-state index contributed by atoms with van der Waals surface area (Å²) in [4.78, 5) is 2.52. The Kier molecular flexibility index (Phi) is 9.58. The highest BCUT2D eigenvalue weighted by Crippen LogP contribution is 2.17. The summed E-state index contributed by atoms with van der Waals surface area (Å²) in [7, 11) is 0. The highest BCUT2D eigenvalue weighted by molar-refractivity contribution is 7.80. The molecule has 0 aromatic heterocycles. The van der Waals surface area contributed by atoms with Crippen molar-refractivity contribution >= 4 is 34.7 Å². The Morgan fingerprint density at radius 1 is 1.26 bits per heavy atom. The first-order valence-electron chi connectivity index (χ1n) is 9.64. The summed E-state index contributed by atoms with van der Waals surface area (Å²) in [6, 6.07) is 8.42. The van der Waals surface area contributed by atoms with Gasteiger partial charge in [-0.05, 0) is 81.4 Å². The number of rotatable bonds is 8. The fourth-order valence-corrected chi connectivity index (χ4v) is 3.46. The predicted octanol–water partition coefficient (Wildman–Crippen LogP) is 2.39. The van der Waals surface area contributed by atoms with Crippen LogP contribution in [0.15, 0.2) is 24.3 Å². The van der Waals surface area contributed by atoms with E-state index in [1.807, 2.05) is 13.0 Å². The molecule has 0 bridgehead atoms. The van der Waals surface area contributed by atoms with Crippen molar-refractivity contribution in [2.24, 2.45) is 5.73 Å². The molecule has 0 aliphatic carbocycles. The number of nitrogens with zero attached hydrogens (tertiary/aromatic N) is 2. The molecule has 1 aromatic rings. The number of likely N-dealkylation sites (tertiary alicyclic amines) is 1. The van der Waals surface area contributed by atoms with Crippen LogP contribution >= 0.6 is 24.4 Å². The second-order valence-corrected chi connectivity index (χ2v) is 7.46. The summed E-state index contributed by atoms with van der Waals surface area (Å²) in [5.41, 5.74) is 9.64. The summed E-state index contributed by atoms with van der Waals surface area (Å²) >= 11 is 10.2. The van der Waals surface area contributed by atoms with E-state index in [4.69, 9.17) is 34.9 Å². The molecule has 2 rings (SSSR count). The third-order valence-corrected chi connectivity index (χ3v) is 4.88. The fourth-order valence-electron chi connectivity index (χ4n) is 3.07. The van der Waals surface area contributed by atoms with Crippen LogP contribution in [0.4, 0.5) is 0 Å². The Morgan fingerprint density at radius 3 is 2.74 bits per heavy atom. The van der Waals surface area contributed by atoms with E-state index in [0.717, 1.165) is 25.3 Å². The van der Waals surface area contributed by atoms with Gasteiger partial charge in [-0.2, -0.15) is 0 Å². The third kappa shape index (κ3) is 8.28. The van der Waals surface area contributed by atoms with E-state index >= 15 is 0 Å². The van der Waals surface area contributed by atoms with Gasteiger partial charge in [0.1, 0.15) is 5.75 Å². The van der Waals surface area contributed by atoms with Crippen LogP contribution < -0.4 is 21.2 Å². The number of thiocarbonyl (C=S) groups is 2. The van der Waals surface area contributed by atoms with Crippen molar-refractivity contribution in [3.8, 4) is 5.75 Å². The van der Waals surface area contributed by atoms with Gasteiger partial charge in [-0.1, -0.05) is 18.6 Å². The number of hydrogen-bond acceptors (Lipinski definition) is 4. The van der Waals surface area contributed by atoms with Crippen molar-refractivity contribution in [3.63, 3.8) is 0 Å². The van der Waals surface area contributed by atoms with Gasteiger partial charge < -0.3 is 15.8 Å². The smallest absolute Gasteiger partial charge is 0.187 e. The van der Waals surface area contributed by atoms with Crippen LogP contribution in [-0.4, -0.2) is 52.9 Å². The van der Waals surface area contributed by atoms with Crippen molar-refractivity contribution in [1.82, 2.24) is 20.7 Å². The van der Waals surface area contributed by atoms with Crippen LogP contribution in [0.3, 0.4) is 0 Å². The molecule has 1 heterocycles. The average Bonchev–Trinajstić information content (AvgIpc) is 2.66. The molecule has 150 valence electrons. The first-order chi connectivity index (χ1) is 13.1. The van der Waals surface area contributed by atoms with Gasteiger partial charge in [-0.15, -0.1) is 0 Å². The molecule has 1 aromatic carbocycles. The van der Waals surface area contributed by atoms with E-state index < -0.39 is 0 Å². The van der Waals surface area contributed by atoms with Crippen molar-refractivity contribution < 1.29 is 4.74 Å². The number of nitrogens with two attached hydrogens (primary N) is 1. The molecule has 0 unspecified atom stereocenters. The Balaban J connectivity index is 1.67. The van der Waals surface area contributed by atoms with Crippen LogP contribution in [0.1, 0.15) is 38.2 Å². The molecule has 4 N–H and O–H groups in total. The van der Waals surface area contributed by atoms with Crippen LogP contribution in [0, 0.1) is 0 Å². The molecule has 0 saturated carbocycles. The normalized spacial score (nSPS) is 14.4. The zero-order chi connectivity index (χ0) is 19.5. The van der Waals surface area contributed by atoms with Crippen LogP contribution in [0.25, 0.3) is 0 Å². The Morgan fingerprint density at radius 2 is 2.04 bits per heavy atom. The lowest BCUT2D eigenvalue weighted by Crippen LogP contribution is -2.52. The minimum Gasteiger partial charge on any atom is -0.494 e. The van der Waals surface area contributed by atoms with Gasteiger partial charge in [-0.25, -0.2) is 0 Å². The van der Waals surface area contributed by atoms with Crippen molar-refractivity contribution in [2.45, 2.75) is 39.2 Å². The van der Waals surface area contributed by atoms with Gasteiger partial charge in [-0.3, -0.25) is 15.3 Å². The summed E-state index contributed by atoms with van der Waals surface area (Å²) < 4.78 is 5.90. The predicted molar refractivity (Wildman–Crippen MR) is 119 cm³/mol. The molecule has 8 heteroatoms. The maximum Gasteiger partial charge on any atom is 0.187 e. The Labute approximate surface area is 173 Å². The SMILES string of the molecule is CCN(NC(N)=S)C(=S)NCCCOc1cccc(CN2CCCCC2)c1. The second kappa shape index (κ2) is 11.9. The highest BCUT2D eigenvalue weighted by atomic mass is 32.1. The van der Waals surface area contributed by atoms with Crippen molar-refractivity contribution in [2.75, 3.05) is 32.8 Å². The van der Waals surface area contributed by atoms with Gasteiger partial charge in [0.25, 0.3) is 0 Å². The first-order valence-corrected chi connectivity index (χ1v) is 10.5. The van der Waals surface area contributed by atoms with Gasteiger partial charge in [0, 0.05) is 19.6 Å². The summed E-state index contributed by atoms with van der Waals surface area (Å²) in [5.74, 6) is 0.928. The van der Waals surface area contributed by atoms with E-state index in [1.54, 1.807) is 5.01 Å². The maximum atomic E-state index is 5.90. The quantitative estimate of drug-likeness (QED) is 0.344. The molecule has 0 atom stereocenters. The number of piperidine rings is 1. The van der Waals surface area contributed by atoms with E-state index in [9.17, 15) is 0 Å². The number of hydrogen-bond donors (Lipinski definition) is 3. The number of hydrazine groups is 1. The lowest BCUT2D eigenvalue weighted by molar-refractivity contribution is 0.220. The van der Waals surface area contributed by atoms with Crippen LogP contribution in [0.5, 0.6) is 5.75 Å². The molecule has 1 aliphatic rings. The van der Waals surface area contributed by atoms with Gasteiger partial charge >= 0.3 is 0 Å². The molecular formula is C19H31N5OS2. The average molecular weight is 410 g/mol. The zero-order valence-corrected chi connectivity index (χ0v) is 17.7. The molecule has 0 spiro atoms. The topological polar surface area (TPSA) is 65.8 Å². The van der Waals surface area contributed by atoms with E-state index in [2.05, 4.69) is 33.8 Å². The fraction of sp³-hybridized carbons (Fsp3) is 0.579. The lowest BCUT2D eigenvalue weighted by Gasteiger charge is -2.26.